The van der Waals surface area contributed by atoms with Gasteiger partial charge in [0.15, 0.2) is 0 Å². The van der Waals surface area contributed by atoms with Crippen LogP contribution in [0.15, 0.2) is 36.5 Å². The minimum atomic E-state index is -0.235. The summed E-state index contributed by atoms with van der Waals surface area (Å²) < 4.78 is 0. The number of halogens is 1. The molecule has 0 radical (unpaired) electrons. The van der Waals surface area contributed by atoms with Gasteiger partial charge in [0.25, 0.3) is 5.91 Å². The van der Waals surface area contributed by atoms with Gasteiger partial charge >= 0.3 is 0 Å². The number of rotatable bonds is 3. The maximum absolute atomic E-state index is 12.6. The van der Waals surface area contributed by atoms with Gasteiger partial charge in [-0.1, -0.05) is 34.1 Å². The second-order valence-corrected chi connectivity index (χ2v) is 5.75. The van der Waals surface area contributed by atoms with Crippen LogP contribution in [0.1, 0.15) is 24.2 Å². The molecule has 0 fully saturated rings. The fourth-order valence-electron chi connectivity index (χ4n) is 1.83. The number of hydrogen-bond acceptors (Lipinski definition) is 2. The number of carbonyl (C=O) groups excluding carboxylic acids is 1. The van der Waals surface area contributed by atoms with Gasteiger partial charge < -0.3 is 4.90 Å². The molecule has 19 heavy (non-hydrogen) atoms. The van der Waals surface area contributed by atoms with Gasteiger partial charge in [0.05, 0.1) is 11.1 Å². The minimum absolute atomic E-state index is 0.0167. The number of para-hydroxylation sites is 1. The average molecular weight is 321 g/mol. The Kier molecular flexibility index (Phi) is 3.90. The highest BCUT2D eigenvalue weighted by molar-refractivity contribution is 9.09. The van der Waals surface area contributed by atoms with Crippen molar-refractivity contribution >= 4 is 32.7 Å². The highest BCUT2D eigenvalue weighted by Crippen LogP contribution is 2.22. The van der Waals surface area contributed by atoms with E-state index >= 15 is 0 Å². The Balaban J connectivity index is 2.48. The van der Waals surface area contributed by atoms with Crippen molar-refractivity contribution in [2.75, 3.05) is 12.4 Å². The van der Waals surface area contributed by atoms with Gasteiger partial charge in [-0.3, -0.25) is 9.78 Å². The molecule has 100 valence electrons. The molecule has 2 aromatic rings. The minimum Gasteiger partial charge on any atom is -0.336 e. The van der Waals surface area contributed by atoms with Crippen LogP contribution in [-0.2, 0) is 0 Å². The van der Waals surface area contributed by atoms with Crippen LogP contribution in [0.5, 0.6) is 0 Å². The van der Waals surface area contributed by atoms with Gasteiger partial charge in [-0.25, -0.2) is 0 Å². The van der Waals surface area contributed by atoms with Gasteiger partial charge in [0.1, 0.15) is 0 Å². The predicted molar refractivity (Wildman–Crippen MR) is 81.7 cm³/mol. The summed E-state index contributed by atoms with van der Waals surface area (Å²) in [5.41, 5.74) is 1.31. The molecule has 0 saturated heterocycles. The molecule has 1 aromatic carbocycles. The molecular formula is C15H17BrN2O. The number of fused-ring (bicyclic) bond motifs is 1. The summed E-state index contributed by atoms with van der Waals surface area (Å²) in [4.78, 5) is 18.7. The van der Waals surface area contributed by atoms with E-state index in [0.29, 0.717) is 5.56 Å². The Bertz CT molecular complexity index is 605. The third-order valence-electron chi connectivity index (χ3n) is 3.42. The van der Waals surface area contributed by atoms with Gasteiger partial charge in [0.2, 0.25) is 0 Å². The second kappa shape index (κ2) is 5.29. The Morgan fingerprint density at radius 1 is 1.32 bits per heavy atom. The molecule has 0 aliphatic rings. The summed E-state index contributed by atoms with van der Waals surface area (Å²) >= 11 is 3.46. The van der Waals surface area contributed by atoms with Crippen LogP contribution in [0, 0.1) is 0 Å². The molecule has 4 heteroatoms. The van der Waals surface area contributed by atoms with E-state index in [1.165, 1.54) is 0 Å². The predicted octanol–water partition coefficient (Wildman–Crippen LogP) is 3.48. The van der Waals surface area contributed by atoms with E-state index in [9.17, 15) is 4.79 Å². The van der Waals surface area contributed by atoms with Crippen LogP contribution in [0.3, 0.4) is 0 Å². The molecule has 0 aliphatic heterocycles. The molecule has 1 heterocycles. The third kappa shape index (κ3) is 2.63. The van der Waals surface area contributed by atoms with Crippen LogP contribution in [0.25, 0.3) is 10.9 Å². The number of benzene rings is 1. The third-order valence-corrected chi connectivity index (χ3v) is 4.79. The fraction of sp³-hybridized carbons (Fsp3) is 0.333. The first-order valence-electron chi connectivity index (χ1n) is 6.15. The van der Waals surface area contributed by atoms with Crippen molar-refractivity contribution in [2.45, 2.75) is 19.4 Å². The molecule has 1 aromatic heterocycles. The normalized spacial score (nSPS) is 11.6. The molecule has 0 atom stereocenters. The van der Waals surface area contributed by atoms with Crippen LogP contribution >= 0.6 is 15.9 Å². The number of nitrogens with zero attached hydrogens (tertiary/aromatic N) is 2. The molecule has 0 bridgehead atoms. The maximum atomic E-state index is 12.6. The first-order valence-corrected chi connectivity index (χ1v) is 7.27. The van der Waals surface area contributed by atoms with Crippen molar-refractivity contribution in [2.24, 2.45) is 0 Å². The molecule has 0 saturated carbocycles. The number of hydrogen-bond donors (Lipinski definition) is 0. The molecule has 0 aliphatic carbocycles. The van der Waals surface area contributed by atoms with Gasteiger partial charge in [0, 0.05) is 29.5 Å². The van der Waals surface area contributed by atoms with Crippen molar-refractivity contribution < 1.29 is 4.79 Å². The number of carbonyl (C=O) groups is 1. The largest absolute Gasteiger partial charge is 0.336 e. The van der Waals surface area contributed by atoms with Gasteiger partial charge in [-0.15, -0.1) is 0 Å². The summed E-state index contributed by atoms with van der Waals surface area (Å²) in [5, 5.41) is 1.62. The zero-order chi connectivity index (χ0) is 14.0. The van der Waals surface area contributed by atoms with Crippen LogP contribution < -0.4 is 0 Å². The van der Waals surface area contributed by atoms with Crippen LogP contribution in [0.4, 0.5) is 0 Å². The van der Waals surface area contributed by atoms with E-state index in [2.05, 4.69) is 20.9 Å². The first kappa shape index (κ1) is 14.0. The SMILES string of the molecule is CN(C(=O)c1ccnc2ccccc12)C(C)(C)CBr. The number of aromatic nitrogens is 1. The maximum Gasteiger partial charge on any atom is 0.254 e. The molecule has 1 amide bonds. The van der Waals surface area contributed by atoms with E-state index in [4.69, 9.17) is 0 Å². The standard InChI is InChI=1S/C15H17BrN2O/c1-15(2,10-16)18(3)14(19)12-8-9-17-13-7-5-4-6-11(12)13/h4-9H,10H2,1-3H3. The second-order valence-electron chi connectivity index (χ2n) is 5.19. The number of pyridine rings is 1. The van der Waals surface area contributed by atoms with Crippen molar-refractivity contribution in [3.8, 4) is 0 Å². The molecule has 3 nitrogen and oxygen atoms in total. The Morgan fingerprint density at radius 3 is 2.68 bits per heavy atom. The summed E-state index contributed by atoms with van der Waals surface area (Å²) in [6, 6.07) is 9.49. The van der Waals surface area contributed by atoms with Gasteiger partial charge in [-0.05, 0) is 26.0 Å². The Hall–Kier alpha value is -1.42. The summed E-state index contributed by atoms with van der Waals surface area (Å²) in [5.74, 6) is 0.0167. The molecule has 0 spiro atoms. The lowest BCUT2D eigenvalue weighted by Crippen LogP contribution is -2.46. The highest BCUT2D eigenvalue weighted by Gasteiger charge is 2.27. The molecular weight excluding hydrogens is 304 g/mol. The van der Waals surface area contributed by atoms with Crippen LogP contribution in [0.2, 0.25) is 0 Å². The van der Waals surface area contributed by atoms with Gasteiger partial charge in [-0.2, -0.15) is 0 Å². The molecule has 0 unspecified atom stereocenters. The zero-order valence-electron chi connectivity index (χ0n) is 11.4. The smallest absolute Gasteiger partial charge is 0.254 e. The zero-order valence-corrected chi connectivity index (χ0v) is 12.9. The van der Waals surface area contributed by atoms with Crippen molar-refractivity contribution in [1.29, 1.82) is 0 Å². The van der Waals surface area contributed by atoms with Crippen LogP contribution in [-0.4, -0.2) is 33.7 Å². The number of amides is 1. The summed E-state index contributed by atoms with van der Waals surface area (Å²) in [6.07, 6.45) is 1.69. The highest BCUT2D eigenvalue weighted by atomic mass is 79.9. The monoisotopic (exact) mass is 320 g/mol. The van der Waals surface area contributed by atoms with Crippen molar-refractivity contribution in [3.05, 3.63) is 42.1 Å². The molecule has 0 N–H and O–H groups in total. The summed E-state index contributed by atoms with van der Waals surface area (Å²) in [6.45, 7) is 4.06. The van der Waals surface area contributed by atoms with E-state index in [-0.39, 0.29) is 11.4 Å². The summed E-state index contributed by atoms with van der Waals surface area (Å²) in [7, 11) is 1.83. The topological polar surface area (TPSA) is 33.2 Å². The molecule has 2 rings (SSSR count). The van der Waals surface area contributed by atoms with E-state index in [1.807, 2.05) is 45.2 Å². The lowest BCUT2D eigenvalue weighted by Gasteiger charge is -2.34. The lowest BCUT2D eigenvalue weighted by molar-refractivity contribution is 0.0665. The van der Waals surface area contributed by atoms with Crippen molar-refractivity contribution in [1.82, 2.24) is 9.88 Å². The Morgan fingerprint density at radius 2 is 2.00 bits per heavy atom. The lowest BCUT2D eigenvalue weighted by atomic mass is 10.0. The average Bonchev–Trinajstić information content (AvgIpc) is 2.45. The van der Waals surface area contributed by atoms with E-state index < -0.39 is 0 Å². The Labute approximate surface area is 121 Å². The first-order chi connectivity index (χ1) is 8.97. The quantitative estimate of drug-likeness (QED) is 0.811. The van der Waals surface area contributed by atoms with E-state index in [1.54, 1.807) is 17.2 Å². The number of alkyl halides is 1. The van der Waals surface area contributed by atoms with Crippen molar-refractivity contribution in [3.63, 3.8) is 0 Å². The van der Waals surface area contributed by atoms with E-state index in [0.717, 1.165) is 16.2 Å². The fourth-order valence-corrected chi connectivity index (χ4v) is 2.20.